The third kappa shape index (κ3) is 5.11. The van der Waals surface area contributed by atoms with Gasteiger partial charge < -0.3 is 15.4 Å². The summed E-state index contributed by atoms with van der Waals surface area (Å²) in [6.07, 6.45) is 1.78. The van der Waals surface area contributed by atoms with Crippen LogP contribution in [0.15, 0.2) is 60.8 Å². The molecule has 0 amide bonds. The van der Waals surface area contributed by atoms with Crippen molar-refractivity contribution in [2.24, 2.45) is 0 Å². The van der Waals surface area contributed by atoms with Crippen molar-refractivity contribution in [1.29, 1.82) is 0 Å². The number of ether oxygens (including phenoxy) is 1. The molecule has 156 valence electrons. The summed E-state index contributed by atoms with van der Waals surface area (Å²) in [5, 5.41) is 0.677. The molecule has 3 aromatic rings. The summed E-state index contributed by atoms with van der Waals surface area (Å²) in [6, 6.07) is 18.2. The Morgan fingerprint density at radius 1 is 1.00 bits per heavy atom. The van der Waals surface area contributed by atoms with E-state index in [0.29, 0.717) is 23.2 Å². The summed E-state index contributed by atoms with van der Waals surface area (Å²) < 4.78 is 5.92. The molecular weight excluding hydrogens is 396 g/mol. The van der Waals surface area contributed by atoms with E-state index in [1.165, 1.54) is 5.56 Å². The van der Waals surface area contributed by atoms with Crippen LogP contribution in [-0.2, 0) is 13.2 Å². The van der Waals surface area contributed by atoms with Crippen molar-refractivity contribution in [3.63, 3.8) is 0 Å². The summed E-state index contributed by atoms with van der Waals surface area (Å²) in [4.78, 5) is 9.19. The predicted octanol–water partition coefficient (Wildman–Crippen LogP) is 4.31. The Balaban J connectivity index is 1.43. The minimum atomic E-state index is 0.346. The first-order valence-corrected chi connectivity index (χ1v) is 10.6. The van der Waals surface area contributed by atoms with Gasteiger partial charge in [-0.1, -0.05) is 54.1 Å². The minimum absolute atomic E-state index is 0.346. The number of aromatic nitrogens is 1. The lowest BCUT2D eigenvalue weighted by Gasteiger charge is -2.32. The molecule has 0 unspecified atom stereocenters. The van der Waals surface area contributed by atoms with Crippen LogP contribution in [0.3, 0.4) is 0 Å². The average molecular weight is 423 g/mol. The smallest absolute Gasteiger partial charge is 0.166 e. The molecule has 2 heterocycles. The van der Waals surface area contributed by atoms with E-state index in [2.05, 4.69) is 46.1 Å². The van der Waals surface area contributed by atoms with E-state index >= 15 is 0 Å². The number of nitrogen functional groups attached to an aromatic ring is 1. The van der Waals surface area contributed by atoms with Crippen molar-refractivity contribution in [3.05, 3.63) is 76.9 Å². The van der Waals surface area contributed by atoms with E-state index in [0.717, 1.165) is 49.4 Å². The number of anilines is 1. The normalized spacial score (nSPS) is 15.3. The van der Waals surface area contributed by atoms with Crippen molar-refractivity contribution in [1.82, 2.24) is 14.8 Å². The topological polar surface area (TPSA) is 54.6 Å². The van der Waals surface area contributed by atoms with Crippen molar-refractivity contribution >= 4 is 17.4 Å². The number of rotatable bonds is 6. The second-order valence-electron chi connectivity index (χ2n) is 7.76. The van der Waals surface area contributed by atoms with Crippen molar-refractivity contribution in [2.75, 3.05) is 39.0 Å². The molecule has 0 aliphatic carbocycles. The molecular formula is C24H27ClN4O. The Hall–Kier alpha value is -2.60. The van der Waals surface area contributed by atoms with Crippen molar-refractivity contribution < 1.29 is 4.74 Å². The van der Waals surface area contributed by atoms with Crippen LogP contribution in [0.1, 0.15) is 11.1 Å². The highest BCUT2D eigenvalue weighted by Gasteiger charge is 2.14. The number of nitrogens with zero attached hydrogens (tertiary/aromatic N) is 3. The number of likely N-dealkylation sites (N-methyl/N-ethyl adjacent to an activating group) is 1. The van der Waals surface area contributed by atoms with Gasteiger partial charge in [-0.2, -0.15) is 0 Å². The quantitative estimate of drug-likeness (QED) is 0.641. The van der Waals surface area contributed by atoms with E-state index in [1.54, 1.807) is 6.20 Å². The van der Waals surface area contributed by atoms with E-state index < -0.39 is 0 Å². The highest BCUT2D eigenvalue weighted by Crippen LogP contribution is 2.28. The second kappa shape index (κ2) is 9.47. The molecule has 1 aliphatic heterocycles. The molecule has 1 saturated heterocycles. The first kappa shape index (κ1) is 20.7. The van der Waals surface area contributed by atoms with Crippen LogP contribution in [0, 0.1) is 0 Å². The van der Waals surface area contributed by atoms with Gasteiger partial charge in [-0.3, -0.25) is 4.90 Å². The molecule has 2 N–H and O–H groups in total. The molecule has 5 nitrogen and oxygen atoms in total. The predicted molar refractivity (Wildman–Crippen MR) is 123 cm³/mol. The fraction of sp³-hybridized carbons (Fsp3) is 0.292. The lowest BCUT2D eigenvalue weighted by atomic mass is 10.0. The van der Waals surface area contributed by atoms with Gasteiger partial charge in [0.15, 0.2) is 11.6 Å². The highest BCUT2D eigenvalue weighted by atomic mass is 35.5. The third-order valence-corrected chi connectivity index (χ3v) is 5.88. The van der Waals surface area contributed by atoms with Gasteiger partial charge >= 0.3 is 0 Å². The first-order valence-electron chi connectivity index (χ1n) is 10.2. The summed E-state index contributed by atoms with van der Waals surface area (Å²) in [5.41, 5.74) is 10.3. The van der Waals surface area contributed by atoms with Crippen molar-refractivity contribution in [3.8, 4) is 16.9 Å². The maximum absolute atomic E-state index is 6.22. The van der Waals surface area contributed by atoms with Gasteiger partial charge in [-0.05, 0) is 30.3 Å². The first-order chi connectivity index (χ1) is 14.6. The minimum Gasteiger partial charge on any atom is -0.485 e. The van der Waals surface area contributed by atoms with E-state index in [-0.39, 0.29) is 0 Å². The largest absolute Gasteiger partial charge is 0.485 e. The second-order valence-corrected chi connectivity index (χ2v) is 8.17. The van der Waals surface area contributed by atoms with Crippen LogP contribution in [-0.4, -0.2) is 48.0 Å². The molecule has 2 aromatic carbocycles. The number of benzene rings is 2. The number of piperazine rings is 1. The summed E-state index contributed by atoms with van der Waals surface area (Å²) in [5.74, 6) is 0.937. The van der Waals surface area contributed by atoms with Gasteiger partial charge in [0.1, 0.15) is 6.61 Å². The van der Waals surface area contributed by atoms with Crippen LogP contribution in [0.4, 0.5) is 5.82 Å². The molecule has 4 rings (SSSR count). The van der Waals surface area contributed by atoms with Crippen LogP contribution in [0.5, 0.6) is 5.75 Å². The Labute approximate surface area is 183 Å². The lowest BCUT2D eigenvalue weighted by Crippen LogP contribution is -2.43. The van der Waals surface area contributed by atoms with E-state index in [9.17, 15) is 0 Å². The van der Waals surface area contributed by atoms with Gasteiger partial charge in [0.2, 0.25) is 0 Å². The van der Waals surface area contributed by atoms with Crippen molar-refractivity contribution in [2.45, 2.75) is 13.2 Å². The number of hydrogen-bond donors (Lipinski definition) is 1. The Morgan fingerprint density at radius 2 is 1.73 bits per heavy atom. The standard InChI is InChI=1S/C24H27ClN4O/c1-28-10-12-29(13-11-28)16-18-6-8-19(9-7-18)21-14-23(24(26)27-15-21)30-17-20-4-2-3-5-22(20)25/h2-9,14-15H,10-13,16-17H2,1H3,(H2,26,27). The number of nitrogens with two attached hydrogens (primary N) is 1. The fourth-order valence-electron chi connectivity index (χ4n) is 3.57. The molecule has 1 fully saturated rings. The van der Waals surface area contributed by atoms with Gasteiger partial charge in [0.25, 0.3) is 0 Å². The van der Waals surface area contributed by atoms with Crippen LogP contribution in [0.2, 0.25) is 5.02 Å². The Bertz CT molecular complexity index is 985. The Morgan fingerprint density at radius 3 is 2.47 bits per heavy atom. The summed E-state index contributed by atoms with van der Waals surface area (Å²) in [7, 11) is 2.18. The molecule has 0 radical (unpaired) electrons. The lowest BCUT2D eigenvalue weighted by molar-refractivity contribution is 0.148. The van der Waals surface area contributed by atoms with Gasteiger partial charge in [0.05, 0.1) is 0 Å². The number of hydrogen-bond acceptors (Lipinski definition) is 5. The molecule has 30 heavy (non-hydrogen) atoms. The van der Waals surface area contributed by atoms with Crippen LogP contribution < -0.4 is 10.5 Å². The summed E-state index contributed by atoms with van der Waals surface area (Å²) in [6.45, 7) is 5.83. The van der Waals surface area contributed by atoms with Crippen LogP contribution in [0.25, 0.3) is 11.1 Å². The fourth-order valence-corrected chi connectivity index (χ4v) is 3.76. The molecule has 1 aromatic heterocycles. The zero-order valence-electron chi connectivity index (χ0n) is 17.2. The molecule has 0 bridgehead atoms. The molecule has 1 aliphatic rings. The molecule has 0 spiro atoms. The number of halogens is 1. The maximum Gasteiger partial charge on any atom is 0.166 e. The molecule has 0 atom stereocenters. The third-order valence-electron chi connectivity index (χ3n) is 5.51. The zero-order chi connectivity index (χ0) is 20.9. The SMILES string of the molecule is CN1CCN(Cc2ccc(-c3cnc(N)c(OCc4ccccc4Cl)c3)cc2)CC1. The molecule has 0 saturated carbocycles. The van der Waals surface area contributed by atoms with Crippen LogP contribution >= 0.6 is 11.6 Å². The monoisotopic (exact) mass is 422 g/mol. The van der Waals surface area contributed by atoms with Gasteiger partial charge in [-0.25, -0.2) is 4.98 Å². The Kier molecular flexibility index (Phi) is 6.53. The molecule has 6 heteroatoms. The van der Waals surface area contributed by atoms with E-state index in [1.807, 2.05) is 30.3 Å². The average Bonchev–Trinajstić information content (AvgIpc) is 2.76. The number of pyridine rings is 1. The van der Waals surface area contributed by atoms with Gasteiger partial charge in [-0.15, -0.1) is 0 Å². The van der Waals surface area contributed by atoms with Gasteiger partial charge in [0, 0.05) is 55.1 Å². The zero-order valence-corrected chi connectivity index (χ0v) is 18.0. The summed E-state index contributed by atoms with van der Waals surface area (Å²) >= 11 is 6.22. The van der Waals surface area contributed by atoms with E-state index in [4.69, 9.17) is 22.1 Å². The maximum atomic E-state index is 6.22. The highest BCUT2D eigenvalue weighted by molar-refractivity contribution is 6.31.